The molecule has 0 fully saturated rings. The molecule has 0 N–H and O–H groups in total. The van der Waals surface area contributed by atoms with Gasteiger partial charge in [-0.15, -0.1) is 0 Å². The van der Waals surface area contributed by atoms with Crippen LogP contribution in [0.15, 0.2) is 218 Å². The summed E-state index contributed by atoms with van der Waals surface area (Å²) in [6.45, 7) is 19.3. The Morgan fingerprint density at radius 1 is 0.325 bits per heavy atom. The van der Waals surface area contributed by atoms with Crippen molar-refractivity contribution in [3.63, 3.8) is 0 Å². The Morgan fingerprint density at radius 2 is 0.637 bits per heavy atom. The molecular formula is C74H48N6. The Labute approximate surface area is 461 Å². The van der Waals surface area contributed by atoms with Gasteiger partial charge in [0.25, 0.3) is 0 Å². The van der Waals surface area contributed by atoms with Gasteiger partial charge in [0.2, 0.25) is 5.69 Å². The van der Waals surface area contributed by atoms with Crippen LogP contribution in [0.1, 0.15) is 55.5 Å². The van der Waals surface area contributed by atoms with Gasteiger partial charge in [-0.2, -0.15) is 5.26 Å². The molecular weight excluding hydrogens is 973 g/mol. The molecule has 11 aromatic carbocycles. The molecule has 4 heterocycles. The number of aromatic nitrogens is 4. The molecule has 0 amide bonds. The van der Waals surface area contributed by atoms with E-state index < -0.39 is 0 Å². The average Bonchev–Trinajstić information content (AvgIpc) is 4.48. The Bertz CT molecular complexity index is 5140. The van der Waals surface area contributed by atoms with E-state index in [0.29, 0.717) is 28.3 Å². The lowest BCUT2D eigenvalue weighted by molar-refractivity contribution is 0.661. The summed E-state index contributed by atoms with van der Waals surface area (Å²) in [5.41, 5.74) is 20.4. The van der Waals surface area contributed by atoms with Crippen LogP contribution in [0, 0.1) is 17.9 Å². The summed E-state index contributed by atoms with van der Waals surface area (Å²) in [5.74, 6) is 0. The van der Waals surface area contributed by atoms with Crippen LogP contribution in [0.2, 0.25) is 0 Å². The molecule has 0 unspecified atom stereocenters. The van der Waals surface area contributed by atoms with Gasteiger partial charge in [0.15, 0.2) is 0 Å². The van der Waals surface area contributed by atoms with Crippen LogP contribution in [0.25, 0.3) is 137 Å². The highest BCUT2D eigenvalue weighted by Crippen LogP contribution is 2.56. The highest BCUT2D eigenvalue weighted by molar-refractivity contribution is 6.18. The van der Waals surface area contributed by atoms with E-state index >= 15 is 0 Å². The Kier molecular flexibility index (Phi) is 8.74. The van der Waals surface area contributed by atoms with Gasteiger partial charge < -0.3 is 18.3 Å². The van der Waals surface area contributed by atoms with Crippen LogP contribution in [0.5, 0.6) is 0 Å². The number of rotatable bonds is 4. The summed E-state index contributed by atoms with van der Waals surface area (Å²) in [4.78, 5) is 4.87. The van der Waals surface area contributed by atoms with Crippen molar-refractivity contribution in [3.8, 4) is 51.1 Å². The largest absolute Gasteiger partial charge is 0.318 e. The second-order valence-electron chi connectivity index (χ2n) is 23.0. The molecule has 0 bridgehead atoms. The first-order chi connectivity index (χ1) is 39.2. The molecule has 2 aliphatic carbocycles. The SMILES string of the molecule is [C-]#[N+]c1c(-n2c3ccccc3c3cc4c(cc32)C(C)(C)c2ccccc2-4)c(C#N)c(-n2c3ccccc3c3ccccc32)c(-n2c3ccccc3c3cc4c(cc32)C(C)(C)c2ccccc2-4)c1-n1c2ccccc2c2ccccc21. The lowest BCUT2D eigenvalue weighted by Gasteiger charge is -2.28. The van der Waals surface area contributed by atoms with Crippen molar-refractivity contribution in [2.75, 3.05) is 0 Å². The fraction of sp³-hybridized carbons (Fsp3) is 0.0811. The molecule has 0 saturated heterocycles. The summed E-state index contributed by atoms with van der Waals surface area (Å²) in [6.07, 6.45) is 0. The van der Waals surface area contributed by atoms with Crippen molar-refractivity contribution in [2.45, 2.75) is 38.5 Å². The Hall–Kier alpha value is -10.4. The average molecular weight is 1020 g/mol. The fourth-order valence-electron chi connectivity index (χ4n) is 14.9. The highest BCUT2D eigenvalue weighted by Gasteiger charge is 2.40. The first kappa shape index (κ1) is 44.7. The van der Waals surface area contributed by atoms with Crippen molar-refractivity contribution in [2.24, 2.45) is 0 Å². The van der Waals surface area contributed by atoms with E-state index in [1.807, 2.05) is 0 Å². The predicted molar refractivity (Wildman–Crippen MR) is 330 cm³/mol. The van der Waals surface area contributed by atoms with E-state index in [4.69, 9.17) is 4.85 Å². The van der Waals surface area contributed by atoms with Crippen LogP contribution >= 0.6 is 0 Å². The second kappa shape index (κ2) is 15.6. The van der Waals surface area contributed by atoms with Gasteiger partial charge in [0.1, 0.15) is 6.07 Å². The van der Waals surface area contributed by atoms with E-state index in [1.165, 1.54) is 44.5 Å². The smallest absolute Gasteiger partial charge is 0.237 e. The van der Waals surface area contributed by atoms with Crippen LogP contribution < -0.4 is 0 Å². The maximum atomic E-state index is 12.8. The van der Waals surface area contributed by atoms with Gasteiger partial charge in [-0.3, -0.25) is 0 Å². The second-order valence-corrected chi connectivity index (χ2v) is 23.0. The fourth-order valence-corrected chi connectivity index (χ4v) is 14.9. The molecule has 0 radical (unpaired) electrons. The summed E-state index contributed by atoms with van der Waals surface area (Å²) in [6, 6.07) is 81.7. The molecule has 0 atom stereocenters. The molecule has 6 nitrogen and oxygen atoms in total. The minimum Gasteiger partial charge on any atom is -0.318 e. The van der Waals surface area contributed by atoms with Gasteiger partial charge in [-0.1, -0.05) is 185 Å². The minimum atomic E-state index is -0.319. The van der Waals surface area contributed by atoms with Gasteiger partial charge >= 0.3 is 0 Å². The van der Waals surface area contributed by atoms with Crippen LogP contribution in [-0.4, -0.2) is 18.3 Å². The van der Waals surface area contributed by atoms with Crippen molar-refractivity contribution < 1.29 is 0 Å². The summed E-state index contributed by atoms with van der Waals surface area (Å²) >= 11 is 0. The first-order valence-corrected chi connectivity index (χ1v) is 27.5. The summed E-state index contributed by atoms with van der Waals surface area (Å²) in [5, 5.41) is 21.4. The number of hydrogen-bond donors (Lipinski definition) is 0. The van der Waals surface area contributed by atoms with Crippen molar-refractivity contribution >= 4 is 92.9 Å². The molecule has 0 spiro atoms. The first-order valence-electron chi connectivity index (χ1n) is 27.5. The van der Waals surface area contributed by atoms with E-state index in [1.54, 1.807) is 0 Å². The number of nitrogens with zero attached hydrogens (tertiary/aromatic N) is 6. The molecule has 17 rings (SSSR count). The number of benzene rings is 11. The third kappa shape index (κ3) is 5.49. The Balaban J connectivity index is 1.16. The lowest BCUT2D eigenvalue weighted by Crippen LogP contribution is -2.16. The maximum Gasteiger partial charge on any atom is 0.237 e. The zero-order valence-corrected chi connectivity index (χ0v) is 44.5. The van der Waals surface area contributed by atoms with Crippen molar-refractivity contribution in [1.29, 1.82) is 5.26 Å². The molecule has 4 aromatic heterocycles. The van der Waals surface area contributed by atoms with Crippen LogP contribution in [0.4, 0.5) is 5.69 Å². The van der Waals surface area contributed by atoms with Crippen molar-refractivity contribution in [3.05, 3.63) is 258 Å². The zero-order chi connectivity index (χ0) is 53.5. The summed E-state index contributed by atoms with van der Waals surface area (Å²) < 4.78 is 9.37. The third-order valence-corrected chi connectivity index (χ3v) is 18.4. The number of hydrogen-bond acceptors (Lipinski definition) is 1. The van der Waals surface area contributed by atoms with Gasteiger partial charge in [-0.25, -0.2) is 4.85 Å². The van der Waals surface area contributed by atoms with Gasteiger partial charge in [-0.05, 0) is 105 Å². The van der Waals surface area contributed by atoms with Crippen molar-refractivity contribution in [1.82, 2.24) is 18.3 Å². The molecule has 6 heteroatoms. The molecule has 374 valence electrons. The molecule has 0 saturated carbocycles. The Morgan fingerprint density at radius 3 is 1.01 bits per heavy atom. The molecule has 80 heavy (non-hydrogen) atoms. The monoisotopic (exact) mass is 1020 g/mol. The number of nitriles is 1. The molecule has 0 aliphatic heterocycles. The molecule has 15 aromatic rings. The third-order valence-electron chi connectivity index (χ3n) is 18.4. The summed E-state index contributed by atoms with van der Waals surface area (Å²) in [7, 11) is 0. The highest BCUT2D eigenvalue weighted by atomic mass is 15.1. The standard InChI is InChI=1S/C74H48N6/c1-73(2)56-30-14-6-22-43(56)51-38-53-49-28-12-20-36-64(49)79(66(53)40-58(51)73)69-55(42-75)70(77-60-32-16-8-24-45(60)46-25-9-17-33-61(46)77)72(71(68(69)76-5)78-62-34-18-10-26-47(62)48-27-11-19-35-63(48)78)80-65-37-21-13-29-50(65)54-39-52-44-23-7-15-31-57(44)74(3,4)59(52)41-67(54)80/h6-41H,1-4H3. The zero-order valence-electron chi connectivity index (χ0n) is 44.5. The van der Waals surface area contributed by atoms with E-state index in [2.05, 4.69) is 270 Å². The maximum absolute atomic E-state index is 12.8. The topological polar surface area (TPSA) is 47.9 Å². The van der Waals surface area contributed by atoms with Gasteiger partial charge in [0.05, 0.1) is 79.0 Å². The van der Waals surface area contributed by atoms with E-state index in [-0.39, 0.29) is 10.8 Å². The number of fused-ring (bicyclic) bond motifs is 18. The van der Waals surface area contributed by atoms with E-state index in [9.17, 15) is 11.8 Å². The van der Waals surface area contributed by atoms with E-state index in [0.717, 1.165) is 92.9 Å². The normalized spacial score (nSPS) is 13.9. The minimum absolute atomic E-state index is 0.317. The quantitative estimate of drug-likeness (QED) is 0.162. The predicted octanol–water partition coefficient (Wildman–Crippen LogP) is 19.1. The number of para-hydroxylation sites is 6. The van der Waals surface area contributed by atoms with Crippen LogP contribution in [0.3, 0.4) is 0 Å². The lowest BCUT2D eigenvalue weighted by atomic mass is 9.82. The van der Waals surface area contributed by atoms with Crippen LogP contribution in [-0.2, 0) is 10.8 Å². The van der Waals surface area contributed by atoms with Gasteiger partial charge in [0, 0.05) is 53.9 Å². The molecule has 2 aliphatic rings.